The Bertz CT molecular complexity index is 1250. The number of anilines is 1. The van der Waals surface area contributed by atoms with Crippen LogP contribution in [0.15, 0.2) is 59.1 Å². The molecule has 10 nitrogen and oxygen atoms in total. The number of hydrogen-bond donors (Lipinski definition) is 3. The average Bonchev–Trinajstić information content (AvgIpc) is 3.34. The molecule has 12 heteroatoms. The number of nitrogens with one attached hydrogen (secondary N) is 1. The van der Waals surface area contributed by atoms with Gasteiger partial charge in [0.2, 0.25) is 0 Å². The highest BCUT2D eigenvalue weighted by atomic mass is 32.1. The van der Waals surface area contributed by atoms with Crippen LogP contribution >= 0.6 is 11.3 Å². The Hall–Kier alpha value is -3.90. The third-order valence-electron chi connectivity index (χ3n) is 5.53. The van der Waals surface area contributed by atoms with Crippen molar-refractivity contribution in [1.82, 2.24) is 9.88 Å². The topological polar surface area (TPSA) is 134 Å². The molecule has 0 fully saturated rings. The molecule has 3 N–H and O–H groups in total. The predicted octanol–water partition coefficient (Wildman–Crippen LogP) is 2.29. The number of oxime groups is 1. The third-order valence-corrected chi connectivity index (χ3v) is 6.39. The summed E-state index contributed by atoms with van der Waals surface area (Å²) in [6.45, 7) is 0.158. The number of benzene rings is 2. The Labute approximate surface area is 206 Å². The van der Waals surface area contributed by atoms with Gasteiger partial charge in [-0.05, 0) is 23.6 Å². The number of thiazole rings is 1. The fourth-order valence-electron chi connectivity index (χ4n) is 3.66. The SMILES string of the molecule is CNc1nc(/C(=N/OCc2ccccc2)C(=O)N(C)[C@H]2Cc3cccc(C(=O)O)c3OB2O)cs1. The molecule has 0 spiro atoms. The molecule has 0 unspecified atom stereocenters. The van der Waals surface area contributed by atoms with E-state index in [0.717, 1.165) is 5.56 Å². The molecule has 2 heterocycles. The van der Waals surface area contributed by atoms with Crippen molar-refractivity contribution in [1.29, 1.82) is 0 Å². The van der Waals surface area contributed by atoms with Crippen LogP contribution in [0.2, 0.25) is 0 Å². The molecular formula is C23H23BN4O6S. The number of aromatic nitrogens is 1. The highest BCUT2D eigenvalue weighted by molar-refractivity contribution is 7.14. The Balaban J connectivity index is 1.59. The van der Waals surface area contributed by atoms with E-state index in [1.54, 1.807) is 24.6 Å². The van der Waals surface area contributed by atoms with Crippen molar-refractivity contribution in [3.8, 4) is 5.75 Å². The van der Waals surface area contributed by atoms with Crippen LogP contribution in [-0.4, -0.2) is 64.8 Å². The molecule has 1 atom stereocenters. The Kier molecular flexibility index (Phi) is 7.32. The van der Waals surface area contributed by atoms with E-state index in [0.29, 0.717) is 16.4 Å². The maximum absolute atomic E-state index is 13.5. The number of carbonyl (C=O) groups excluding carboxylic acids is 1. The van der Waals surface area contributed by atoms with Gasteiger partial charge < -0.3 is 29.8 Å². The summed E-state index contributed by atoms with van der Waals surface area (Å²) in [7, 11) is 1.80. The number of carboxylic acid groups (broad SMARTS) is 1. The molecule has 3 aromatic rings. The lowest BCUT2D eigenvalue weighted by Gasteiger charge is -2.34. The fourth-order valence-corrected chi connectivity index (χ4v) is 4.32. The summed E-state index contributed by atoms with van der Waals surface area (Å²) in [5.41, 5.74) is 1.70. The van der Waals surface area contributed by atoms with Gasteiger partial charge in [0, 0.05) is 19.5 Å². The standard InChI is InChI=1S/C23H23BN4O6S/c1-25-23-26-17(13-35-23)19(27-33-12-14-7-4-3-5-8-14)21(29)28(2)18-11-15-9-6-10-16(22(30)31)20(15)34-24(18)32/h3-10,13,18,32H,11-12H2,1-2H3,(H,25,26)(H,30,31)/b27-19-/t18-/m0/s1. The lowest BCUT2D eigenvalue weighted by atomic mass is 9.71. The summed E-state index contributed by atoms with van der Waals surface area (Å²) in [6, 6.07) is 14.1. The van der Waals surface area contributed by atoms with Crippen LogP contribution in [-0.2, 0) is 22.7 Å². The van der Waals surface area contributed by atoms with Gasteiger partial charge in [0.15, 0.2) is 10.8 Å². The van der Waals surface area contributed by atoms with Crippen LogP contribution < -0.4 is 9.97 Å². The minimum atomic E-state index is -1.44. The number of carboxylic acids is 1. The summed E-state index contributed by atoms with van der Waals surface area (Å²) in [6.07, 6.45) is 0.191. The van der Waals surface area contributed by atoms with E-state index < -0.39 is 24.9 Å². The lowest BCUT2D eigenvalue weighted by molar-refractivity contribution is -0.124. The van der Waals surface area contributed by atoms with Crippen molar-refractivity contribution in [3.63, 3.8) is 0 Å². The number of fused-ring (bicyclic) bond motifs is 1. The van der Waals surface area contributed by atoms with E-state index in [1.165, 1.54) is 29.4 Å². The van der Waals surface area contributed by atoms with Crippen molar-refractivity contribution in [2.75, 3.05) is 19.4 Å². The highest BCUT2D eigenvalue weighted by Gasteiger charge is 2.42. The summed E-state index contributed by atoms with van der Waals surface area (Å²) in [4.78, 5) is 36.2. The molecule has 0 saturated heterocycles. The average molecular weight is 494 g/mol. The molecule has 0 saturated carbocycles. The van der Waals surface area contributed by atoms with E-state index in [1.807, 2.05) is 30.3 Å². The second kappa shape index (κ2) is 10.6. The molecule has 1 amide bonds. The first-order valence-electron chi connectivity index (χ1n) is 10.7. The van der Waals surface area contributed by atoms with E-state index in [4.69, 9.17) is 9.49 Å². The van der Waals surface area contributed by atoms with Crippen molar-refractivity contribution in [2.24, 2.45) is 5.16 Å². The largest absolute Gasteiger partial charge is 0.547 e. The number of rotatable bonds is 8. The first-order valence-corrected chi connectivity index (χ1v) is 11.6. The molecule has 1 aliphatic heterocycles. The smallest absolute Gasteiger partial charge is 0.534 e. The summed E-state index contributed by atoms with van der Waals surface area (Å²) in [5, 5.41) is 29.4. The van der Waals surface area contributed by atoms with E-state index in [9.17, 15) is 19.7 Å². The maximum atomic E-state index is 13.5. The highest BCUT2D eigenvalue weighted by Crippen LogP contribution is 2.31. The van der Waals surface area contributed by atoms with Gasteiger partial charge in [0.05, 0.1) is 11.5 Å². The second-order valence-corrected chi connectivity index (χ2v) is 8.64. The number of likely N-dealkylation sites (N-methyl/N-ethyl adjacent to an activating group) is 1. The van der Waals surface area contributed by atoms with Crippen LogP contribution in [0.3, 0.4) is 0 Å². The minimum absolute atomic E-state index is 0.0292. The normalized spacial score (nSPS) is 15.1. The number of amides is 1. The molecule has 180 valence electrons. The monoisotopic (exact) mass is 494 g/mol. The van der Waals surface area contributed by atoms with Gasteiger partial charge in [-0.1, -0.05) is 47.6 Å². The third kappa shape index (κ3) is 5.28. The molecule has 0 aliphatic carbocycles. The van der Waals surface area contributed by atoms with Crippen molar-refractivity contribution >= 4 is 41.2 Å². The molecular weight excluding hydrogens is 471 g/mol. The fraction of sp³-hybridized carbons (Fsp3) is 0.217. The van der Waals surface area contributed by atoms with Gasteiger partial charge in [0.25, 0.3) is 5.91 Å². The molecule has 1 aliphatic rings. The molecule has 1 aromatic heterocycles. The Morgan fingerprint density at radius 2 is 2.06 bits per heavy atom. The van der Waals surface area contributed by atoms with Gasteiger partial charge in [-0.15, -0.1) is 11.3 Å². The molecule has 0 radical (unpaired) electrons. The van der Waals surface area contributed by atoms with Gasteiger partial charge in [-0.25, -0.2) is 9.78 Å². The zero-order valence-electron chi connectivity index (χ0n) is 19.0. The Morgan fingerprint density at radius 1 is 1.29 bits per heavy atom. The summed E-state index contributed by atoms with van der Waals surface area (Å²) < 4.78 is 5.54. The van der Waals surface area contributed by atoms with E-state index in [-0.39, 0.29) is 30.1 Å². The lowest BCUT2D eigenvalue weighted by Crippen LogP contribution is -2.55. The molecule has 2 aromatic carbocycles. The van der Waals surface area contributed by atoms with Crippen LogP contribution in [0.4, 0.5) is 5.13 Å². The van der Waals surface area contributed by atoms with Crippen LogP contribution in [0.1, 0.15) is 27.2 Å². The van der Waals surface area contributed by atoms with Crippen LogP contribution in [0, 0.1) is 0 Å². The zero-order valence-corrected chi connectivity index (χ0v) is 19.9. The first-order chi connectivity index (χ1) is 16.9. The number of aromatic carboxylic acids is 1. The molecule has 35 heavy (non-hydrogen) atoms. The van der Waals surface area contributed by atoms with E-state index in [2.05, 4.69) is 15.5 Å². The number of hydrogen-bond acceptors (Lipinski definition) is 9. The van der Waals surface area contributed by atoms with Gasteiger partial charge >= 0.3 is 13.1 Å². The summed E-state index contributed by atoms with van der Waals surface area (Å²) in [5.74, 6) is -2.38. The first kappa shape index (κ1) is 24.2. The summed E-state index contributed by atoms with van der Waals surface area (Å²) >= 11 is 1.31. The van der Waals surface area contributed by atoms with Crippen LogP contribution in [0.5, 0.6) is 5.75 Å². The second-order valence-electron chi connectivity index (χ2n) is 7.78. The van der Waals surface area contributed by atoms with Crippen LogP contribution in [0.25, 0.3) is 0 Å². The number of carbonyl (C=O) groups is 2. The van der Waals surface area contributed by atoms with Crippen molar-refractivity contribution < 1.29 is 29.2 Å². The zero-order chi connectivity index (χ0) is 24.9. The number of nitrogens with zero attached hydrogens (tertiary/aromatic N) is 3. The molecule has 0 bridgehead atoms. The molecule has 4 rings (SSSR count). The quantitative estimate of drug-likeness (QED) is 0.247. The van der Waals surface area contributed by atoms with E-state index >= 15 is 0 Å². The van der Waals surface area contributed by atoms with Gasteiger partial charge in [-0.3, -0.25) is 4.79 Å². The van der Waals surface area contributed by atoms with Gasteiger partial charge in [-0.2, -0.15) is 0 Å². The number of para-hydroxylation sites is 1. The Morgan fingerprint density at radius 3 is 2.74 bits per heavy atom. The predicted molar refractivity (Wildman–Crippen MR) is 132 cm³/mol. The van der Waals surface area contributed by atoms with Gasteiger partial charge in [0.1, 0.15) is 18.1 Å². The maximum Gasteiger partial charge on any atom is 0.547 e. The van der Waals surface area contributed by atoms with Crippen molar-refractivity contribution in [2.45, 2.75) is 19.0 Å². The van der Waals surface area contributed by atoms with Crippen molar-refractivity contribution in [3.05, 3.63) is 76.3 Å². The minimum Gasteiger partial charge on any atom is -0.534 e.